The molecule has 4 heteroatoms. The van der Waals surface area contributed by atoms with Crippen LogP contribution in [0.1, 0.15) is 32.5 Å². The van der Waals surface area contributed by atoms with Crippen molar-refractivity contribution in [2.45, 2.75) is 33.2 Å². The maximum absolute atomic E-state index is 13.3. The van der Waals surface area contributed by atoms with E-state index in [1.807, 2.05) is 6.92 Å². The van der Waals surface area contributed by atoms with Crippen molar-refractivity contribution >= 4 is 11.0 Å². The van der Waals surface area contributed by atoms with Gasteiger partial charge in [-0.2, -0.15) is 0 Å². The van der Waals surface area contributed by atoms with Gasteiger partial charge in [0.2, 0.25) is 0 Å². The number of hydrogen-bond acceptors (Lipinski definition) is 2. The second-order valence-corrected chi connectivity index (χ2v) is 4.93. The summed E-state index contributed by atoms with van der Waals surface area (Å²) in [5.74, 6) is 1.37. The van der Waals surface area contributed by atoms with Crippen LogP contribution < -0.4 is 5.73 Å². The van der Waals surface area contributed by atoms with Gasteiger partial charge < -0.3 is 10.3 Å². The minimum Gasteiger partial charge on any atom is -0.330 e. The van der Waals surface area contributed by atoms with Gasteiger partial charge in [-0.15, -0.1) is 0 Å². The second kappa shape index (κ2) is 5.06. The van der Waals surface area contributed by atoms with Crippen LogP contribution in [0.2, 0.25) is 0 Å². The van der Waals surface area contributed by atoms with Gasteiger partial charge in [0.1, 0.15) is 11.6 Å². The zero-order chi connectivity index (χ0) is 13.3. The first kappa shape index (κ1) is 13.0. The molecule has 0 saturated carbocycles. The topological polar surface area (TPSA) is 43.8 Å². The van der Waals surface area contributed by atoms with E-state index in [4.69, 9.17) is 5.73 Å². The Balaban J connectivity index is 2.63. The van der Waals surface area contributed by atoms with Gasteiger partial charge in [0.15, 0.2) is 0 Å². The molecule has 0 spiro atoms. The number of fused-ring (bicyclic) bond motifs is 1. The Labute approximate surface area is 107 Å². The van der Waals surface area contributed by atoms with E-state index in [0.717, 1.165) is 23.4 Å². The van der Waals surface area contributed by atoms with Crippen molar-refractivity contribution in [3.05, 3.63) is 29.8 Å². The van der Waals surface area contributed by atoms with Crippen molar-refractivity contribution < 1.29 is 4.39 Å². The van der Waals surface area contributed by atoms with Gasteiger partial charge in [0.25, 0.3) is 0 Å². The number of aromatic nitrogens is 2. The van der Waals surface area contributed by atoms with E-state index < -0.39 is 0 Å². The maximum atomic E-state index is 13.3. The third-order valence-electron chi connectivity index (χ3n) is 3.45. The third-order valence-corrected chi connectivity index (χ3v) is 3.45. The minimum atomic E-state index is -0.225. The Bertz CT molecular complexity index is 545. The van der Waals surface area contributed by atoms with Gasteiger partial charge in [-0.3, -0.25) is 0 Å². The number of hydrogen-bond donors (Lipinski definition) is 1. The fourth-order valence-corrected chi connectivity index (χ4v) is 2.41. The van der Waals surface area contributed by atoms with Crippen molar-refractivity contribution in [2.24, 2.45) is 11.7 Å². The van der Waals surface area contributed by atoms with Crippen LogP contribution in [0.3, 0.4) is 0 Å². The SMILES string of the molecule is CCn1c(C(CN)C(C)C)nc2ccc(F)cc21. The van der Waals surface area contributed by atoms with Crippen molar-refractivity contribution in [1.82, 2.24) is 9.55 Å². The standard InChI is InChI=1S/C14H20FN3/c1-4-18-13-7-10(15)5-6-12(13)17-14(18)11(8-16)9(2)3/h5-7,9,11H,4,8,16H2,1-3H3. The fourth-order valence-electron chi connectivity index (χ4n) is 2.41. The second-order valence-electron chi connectivity index (χ2n) is 4.93. The van der Waals surface area contributed by atoms with Crippen molar-refractivity contribution in [2.75, 3.05) is 6.54 Å². The summed E-state index contributed by atoms with van der Waals surface area (Å²) < 4.78 is 15.4. The third kappa shape index (κ3) is 2.12. The van der Waals surface area contributed by atoms with E-state index in [2.05, 4.69) is 23.4 Å². The molecule has 2 N–H and O–H groups in total. The van der Waals surface area contributed by atoms with Crippen LogP contribution in [-0.2, 0) is 6.54 Å². The highest BCUT2D eigenvalue weighted by atomic mass is 19.1. The molecule has 1 unspecified atom stereocenters. The number of nitrogens with two attached hydrogens (primary N) is 1. The summed E-state index contributed by atoms with van der Waals surface area (Å²) in [6.45, 7) is 7.65. The lowest BCUT2D eigenvalue weighted by atomic mass is 9.95. The number of rotatable bonds is 4. The maximum Gasteiger partial charge on any atom is 0.125 e. The average Bonchev–Trinajstić information content (AvgIpc) is 2.67. The Morgan fingerprint density at radius 3 is 2.67 bits per heavy atom. The van der Waals surface area contributed by atoms with Crippen LogP contribution in [0.5, 0.6) is 0 Å². The molecule has 0 amide bonds. The van der Waals surface area contributed by atoms with Gasteiger partial charge in [-0.25, -0.2) is 9.37 Å². The van der Waals surface area contributed by atoms with Gasteiger partial charge in [0, 0.05) is 19.0 Å². The van der Waals surface area contributed by atoms with E-state index in [1.165, 1.54) is 6.07 Å². The molecule has 0 aliphatic heterocycles. The van der Waals surface area contributed by atoms with Gasteiger partial charge >= 0.3 is 0 Å². The van der Waals surface area contributed by atoms with E-state index in [-0.39, 0.29) is 11.7 Å². The minimum absolute atomic E-state index is 0.209. The Morgan fingerprint density at radius 1 is 1.39 bits per heavy atom. The highest BCUT2D eigenvalue weighted by Crippen LogP contribution is 2.27. The smallest absolute Gasteiger partial charge is 0.125 e. The summed E-state index contributed by atoms with van der Waals surface area (Å²) in [5, 5.41) is 0. The van der Waals surface area contributed by atoms with Crippen LogP contribution in [0.15, 0.2) is 18.2 Å². The predicted octanol–water partition coefficient (Wildman–Crippen LogP) is 2.89. The molecule has 1 atom stereocenters. The molecule has 18 heavy (non-hydrogen) atoms. The summed E-state index contributed by atoms with van der Waals surface area (Å²) in [4.78, 5) is 4.63. The van der Waals surface area contributed by atoms with Crippen molar-refractivity contribution in [3.63, 3.8) is 0 Å². The quantitative estimate of drug-likeness (QED) is 0.905. The molecule has 0 saturated heterocycles. The lowest BCUT2D eigenvalue weighted by Crippen LogP contribution is -2.21. The molecule has 2 aromatic rings. The van der Waals surface area contributed by atoms with Gasteiger partial charge in [0.05, 0.1) is 11.0 Å². The number of imidazole rings is 1. The van der Waals surface area contributed by atoms with E-state index in [1.54, 1.807) is 12.1 Å². The Hall–Kier alpha value is -1.42. The highest BCUT2D eigenvalue weighted by molar-refractivity contribution is 5.76. The first-order valence-corrected chi connectivity index (χ1v) is 6.44. The molecule has 2 rings (SSSR count). The molecule has 0 bridgehead atoms. The largest absolute Gasteiger partial charge is 0.330 e. The van der Waals surface area contributed by atoms with Crippen LogP contribution in [0.4, 0.5) is 4.39 Å². The lowest BCUT2D eigenvalue weighted by Gasteiger charge is -2.19. The van der Waals surface area contributed by atoms with Crippen LogP contribution in [-0.4, -0.2) is 16.1 Å². The molecular weight excluding hydrogens is 229 g/mol. The summed E-state index contributed by atoms with van der Waals surface area (Å²) in [5.41, 5.74) is 7.55. The van der Waals surface area contributed by atoms with Crippen molar-refractivity contribution in [3.8, 4) is 0 Å². The zero-order valence-electron chi connectivity index (χ0n) is 11.2. The molecular formula is C14H20FN3. The number of halogens is 1. The molecule has 1 aromatic heterocycles. The normalized spacial score (nSPS) is 13.4. The molecule has 1 heterocycles. The molecule has 0 aliphatic rings. The van der Waals surface area contributed by atoms with E-state index in [0.29, 0.717) is 12.5 Å². The Morgan fingerprint density at radius 2 is 2.11 bits per heavy atom. The molecule has 3 nitrogen and oxygen atoms in total. The monoisotopic (exact) mass is 249 g/mol. The van der Waals surface area contributed by atoms with Crippen LogP contribution in [0, 0.1) is 11.7 Å². The molecule has 0 fully saturated rings. The summed E-state index contributed by atoms with van der Waals surface area (Å²) in [6.07, 6.45) is 0. The van der Waals surface area contributed by atoms with E-state index in [9.17, 15) is 4.39 Å². The summed E-state index contributed by atoms with van der Waals surface area (Å²) >= 11 is 0. The van der Waals surface area contributed by atoms with Crippen LogP contribution in [0.25, 0.3) is 11.0 Å². The summed E-state index contributed by atoms with van der Waals surface area (Å²) in [7, 11) is 0. The fraction of sp³-hybridized carbons (Fsp3) is 0.500. The first-order chi connectivity index (χ1) is 8.58. The Kier molecular flexibility index (Phi) is 3.66. The predicted molar refractivity (Wildman–Crippen MR) is 72.0 cm³/mol. The molecule has 98 valence electrons. The molecule has 0 radical (unpaired) electrons. The van der Waals surface area contributed by atoms with Crippen LogP contribution >= 0.6 is 0 Å². The lowest BCUT2D eigenvalue weighted by molar-refractivity contribution is 0.466. The number of nitrogens with zero attached hydrogens (tertiary/aromatic N) is 2. The average molecular weight is 249 g/mol. The van der Waals surface area contributed by atoms with Crippen molar-refractivity contribution in [1.29, 1.82) is 0 Å². The molecule has 0 aliphatic carbocycles. The van der Waals surface area contributed by atoms with Gasteiger partial charge in [-0.05, 0) is 31.0 Å². The summed E-state index contributed by atoms with van der Waals surface area (Å²) in [6, 6.07) is 4.73. The van der Waals surface area contributed by atoms with E-state index >= 15 is 0 Å². The number of benzene rings is 1. The zero-order valence-corrected chi connectivity index (χ0v) is 11.2. The first-order valence-electron chi connectivity index (χ1n) is 6.44. The highest BCUT2D eigenvalue weighted by Gasteiger charge is 2.21. The molecule has 1 aromatic carbocycles. The van der Waals surface area contributed by atoms with Gasteiger partial charge in [-0.1, -0.05) is 13.8 Å². The number of aryl methyl sites for hydroxylation is 1.